The molecule has 1 aromatic carbocycles. The van der Waals surface area contributed by atoms with Gasteiger partial charge >= 0.3 is 0 Å². The summed E-state index contributed by atoms with van der Waals surface area (Å²) in [5.74, 6) is 0.749. The first-order valence-corrected chi connectivity index (χ1v) is 7.23. The average molecular weight is 292 g/mol. The Bertz CT molecular complexity index is 432. The van der Waals surface area contributed by atoms with Gasteiger partial charge in [-0.2, -0.15) is 0 Å². The smallest absolute Gasteiger partial charge is 0.151 e. The summed E-state index contributed by atoms with van der Waals surface area (Å²) in [5.41, 5.74) is 0.921. The summed E-state index contributed by atoms with van der Waals surface area (Å²) in [7, 11) is 0. The van der Waals surface area contributed by atoms with Crippen LogP contribution >= 0.6 is 0 Å². The highest BCUT2D eigenvalue weighted by atomic mass is 16.3. The van der Waals surface area contributed by atoms with Crippen molar-refractivity contribution in [2.45, 2.75) is 38.9 Å². The summed E-state index contributed by atoms with van der Waals surface area (Å²) >= 11 is 0. The Kier molecular flexibility index (Phi) is 7.64. The summed E-state index contributed by atoms with van der Waals surface area (Å²) in [4.78, 5) is 22.2. The molecule has 0 fully saturated rings. The number of nitrogens with one attached hydrogen (secondary N) is 2. The van der Waals surface area contributed by atoms with Gasteiger partial charge in [0, 0.05) is 0 Å². The zero-order valence-electron chi connectivity index (χ0n) is 12.6. The van der Waals surface area contributed by atoms with E-state index in [2.05, 4.69) is 24.5 Å². The molecule has 3 N–H and O–H groups in total. The molecule has 5 heteroatoms. The van der Waals surface area contributed by atoms with E-state index in [9.17, 15) is 14.7 Å². The lowest BCUT2D eigenvalue weighted by atomic mass is 10.1. The minimum absolute atomic E-state index is 0.190. The minimum atomic E-state index is -0.531. The average Bonchev–Trinajstić information content (AvgIpc) is 2.47. The van der Waals surface area contributed by atoms with Crippen molar-refractivity contribution in [1.82, 2.24) is 10.6 Å². The molecule has 0 aromatic heterocycles. The van der Waals surface area contributed by atoms with Crippen molar-refractivity contribution in [2.75, 3.05) is 6.54 Å². The molecule has 116 valence electrons. The van der Waals surface area contributed by atoms with Gasteiger partial charge < -0.3 is 14.7 Å². The normalized spacial score (nSPS) is 13.9. The van der Waals surface area contributed by atoms with E-state index in [0.29, 0.717) is 12.3 Å². The number of aldehydes is 2. The molecule has 0 spiro atoms. The Morgan fingerprint density at radius 2 is 1.81 bits per heavy atom. The predicted molar refractivity (Wildman–Crippen MR) is 82.1 cm³/mol. The summed E-state index contributed by atoms with van der Waals surface area (Å²) in [6.45, 7) is 4.95. The second-order valence-corrected chi connectivity index (χ2v) is 5.53. The van der Waals surface area contributed by atoms with Crippen molar-refractivity contribution in [3.05, 3.63) is 29.8 Å². The molecular formula is C16H24N2O3. The molecule has 21 heavy (non-hydrogen) atoms. The molecule has 5 nitrogen and oxygen atoms in total. The molecule has 1 aromatic rings. The maximum Gasteiger partial charge on any atom is 0.151 e. The molecule has 1 unspecified atom stereocenters. The van der Waals surface area contributed by atoms with Crippen LogP contribution in [0.15, 0.2) is 24.3 Å². The number of phenols is 1. The van der Waals surface area contributed by atoms with Gasteiger partial charge in [-0.15, -0.1) is 0 Å². The fraction of sp³-hybridized carbons (Fsp3) is 0.500. The fourth-order valence-electron chi connectivity index (χ4n) is 1.94. The Balaban J connectivity index is 2.48. The SMILES string of the molecule is CC(C)CCNC(C=O)N[C@H](C=O)Cc1ccc(O)cc1. The summed E-state index contributed by atoms with van der Waals surface area (Å²) < 4.78 is 0. The zero-order chi connectivity index (χ0) is 15.7. The molecule has 0 heterocycles. The van der Waals surface area contributed by atoms with Gasteiger partial charge in [0.05, 0.1) is 6.04 Å². The van der Waals surface area contributed by atoms with E-state index in [4.69, 9.17) is 0 Å². The van der Waals surface area contributed by atoms with Crippen molar-refractivity contribution < 1.29 is 14.7 Å². The third-order valence-electron chi connectivity index (χ3n) is 3.17. The van der Waals surface area contributed by atoms with Gasteiger partial charge in [0.2, 0.25) is 0 Å². The van der Waals surface area contributed by atoms with Crippen LogP contribution in [0, 0.1) is 5.92 Å². The van der Waals surface area contributed by atoms with Gasteiger partial charge in [0.1, 0.15) is 18.2 Å². The van der Waals surface area contributed by atoms with Gasteiger partial charge in [0.25, 0.3) is 0 Å². The number of carbonyl (C=O) groups is 2. The molecule has 0 saturated heterocycles. The van der Waals surface area contributed by atoms with Gasteiger partial charge in [-0.05, 0) is 43.0 Å². The highest BCUT2D eigenvalue weighted by Gasteiger charge is 2.14. The molecule has 0 bridgehead atoms. The van der Waals surface area contributed by atoms with Crippen LogP contribution in [-0.2, 0) is 16.0 Å². The maximum atomic E-state index is 11.2. The number of hydrogen-bond donors (Lipinski definition) is 3. The molecule has 0 amide bonds. The van der Waals surface area contributed by atoms with Crippen molar-refractivity contribution in [3.8, 4) is 5.75 Å². The third kappa shape index (κ3) is 7.02. The Morgan fingerprint density at radius 3 is 2.33 bits per heavy atom. The highest BCUT2D eigenvalue weighted by Crippen LogP contribution is 2.11. The maximum absolute atomic E-state index is 11.2. The number of aromatic hydroxyl groups is 1. The lowest BCUT2D eigenvalue weighted by molar-refractivity contribution is -0.112. The monoisotopic (exact) mass is 292 g/mol. The van der Waals surface area contributed by atoms with Crippen LogP contribution in [0.25, 0.3) is 0 Å². The predicted octanol–water partition coefficient (Wildman–Crippen LogP) is 1.25. The van der Waals surface area contributed by atoms with Crippen molar-refractivity contribution in [3.63, 3.8) is 0 Å². The van der Waals surface area contributed by atoms with Gasteiger partial charge in [-0.3, -0.25) is 10.6 Å². The minimum Gasteiger partial charge on any atom is -0.508 e. The first kappa shape index (κ1) is 17.3. The number of hydrogen-bond acceptors (Lipinski definition) is 5. The zero-order valence-corrected chi connectivity index (χ0v) is 12.6. The number of carbonyl (C=O) groups excluding carboxylic acids is 2. The van der Waals surface area contributed by atoms with E-state index >= 15 is 0 Å². The topological polar surface area (TPSA) is 78.4 Å². The summed E-state index contributed by atoms with van der Waals surface area (Å²) in [6.07, 6.45) is 2.48. The molecule has 0 saturated carbocycles. The van der Waals surface area contributed by atoms with Crippen LogP contribution in [0.2, 0.25) is 0 Å². The molecule has 2 atom stereocenters. The fourth-order valence-corrected chi connectivity index (χ4v) is 1.94. The molecule has 0 aliphatic rings. The molecule has 0 aliphatic heterocycles. The van der Waals surface area contributed by atoms with E-state index in [0.717, 1.165) is 31.1 Å². The van der Waals surface area contributed by atoms with Crippen molar-refractivity contribution in [2.24, 2.45) is 5.92 Å². The van der Waals surface area contributed by atoms with Crippen LogP contribution in [0.5, 0.6) is 5.75 Å². The molecule has 0 aliphatic carbocycles. The Labute approximate surface area is 125 Å². The van der Waals surface area contributed by atoms with Crippen molar-refractivity contribution >= 4 is 12.6 Å². The number of phenolic OH excluding ortho intramolecular Hbond substituents is 1. The van der Waals surface area contributed by atoms with E-state index in [1.807, 2.05) is 0 Å². The van der Waals surface area contributed by atoms with Gasteiger partial charge in [-0.1, -0.05) is 26.0 Å². The lowest BCUT2D eigenvalue weighted by Crippen LogP contribution is -2.50. The summed E-state index contributed by atoms with van der Waals surface area (Å²) in [5, 5.41) is 15.3. The largest absolute Gasteiger partial charge is 0.508 e. The van der Waals surface area contributed by atoms with Gasteiger partial charge in [0.15, 0.2) is 6.29 Å². The molecular weight excluding hydrogens is 268 g/mol. The van der Waals surface area contributed by atoms with Crippen molar-refractivity contribution in [1.29, 1.82) is 0 Å². The molecule has 0 radical (unpaired) electrons. The van der Waals surface area contributed by atoms with Crippen LogP contribution < -0.4 is 10.6 Å². The van der Waals surface area contributed by atoms with Crippen LogP contribution in [0.1, 0.15) is 25.8 Å². The third-order valence-corrected chi connectivity index (χ3v) is 3.17. The second kappa shape index (κ2) is 9.26. The first-order valence-electron chi connectivity index (χ1n) is 7.23. The highest BCUT2D eigenvalue weighted by molar-refractivity contribution is 5.62. The Morgan fingerprint density at radius 1 is 1.14 bits per heavy atom. The van der Waals surface area contributed by atoms with Crippen LogP contribution in [-0.4, -0.2) is 36.4 Å². The second-order valence-electron chi connectivity index (χ2n) is 5.53. The first-order chi connectivity index (χ1) is 10.0. The summed E-state index contributed by atoms with van der Waals surface area (Å²) in [6, 6.07) is 6.23. The van der Waals surface area contributed by atoms with E-state index in [1.54, 1.807) is 24.3 Å². The number of benzene rings is 1. The van der Waals surface area contributed by atoms with Crippen LogP contribution in [0.4, 0.5) is 0 Å². The standard InChI is InChI=1S/C16H24N2O3/c1-12(2)7-8-17-16(11-20)18-14(10-19)9-13-3-5-15(21)6-4-13/h3-6,10-12,14,16-18,21H,7-9H2,1-2H3/t14-,16?/m0/s1. The Hall–Kier alpha value is -1.72. The molecule has 1 rings (SSSR count). The van der Waals surface area contributed by atoms with Crippen LogP contribution in [0.3, 0.4) is 0 Å². The number of rotatable bonds is 10. The van der Waals surface area contributed by atoms with E-state index < -0.39 is 12.2 Å². The van der Waals surface area contributed by atoms with Gasteiger partial charge in [-0.25, -0.2) is 0 Å². The lowest BCUT2D eigenvalue weighted by Gasteiger charge is -2.20. The quantitative estimate of drug-likeness (QED) is 0.447. The van der Waals surface area contributed by atoms with E-state index in [-0.39, 0.29) is 5.75 Å². The van der Waals surface area contributed by atoms with E-state index in [1.165, 1.54) is 0 Å².